The molecule has 220 valence electrons. The first-order valence-electron chi connectivity index (χ1n) is 15.1. The molecular weight excluding hydrogens is 533 g/mol. The van der Waals surface area contributed by atoms with Crippen molar-refractivity contribution >= 4 is 17.3 Å². The molecule has 3 heterocycles. The van der Waals surface area contributed by atoms with Gasteiger partial charge in [-0.2, -0.15) is 0 Å². The number of aliphatic carboxylic acids is 1. The molecule has 2 fully saturated rings. The van der Waals surface area contributed by atoms with Crippen LogP contribution in [0, 0.1) is 17.2 Å². The van der Waals surface area contributed by atoms with Crippen molar-refractivity contribution in [1.29, 1.82) is 0 Å². The first-order valence-corrected chi connectivity index (χ1v) is 15.9. The highest BCUT2D eigenvalue weighted by Crippen LogP contribution is 2.40. The highest BCUT2D eigenvalue weighted by atomic mass is 32.1. The Morgan fingerprint density at radius 3 is 2.46 bits per heavy atom. The molecule has 2 aliphatic rings. The van der Waals surface area contributed by atoms with Crippen molar-refractivity contribution in [2.75, 3.05) is 32.7 Å². The monoisotopic (exact) mass is 577 g/mol. The first-order chi connectivity index (χ1) is 19.6. The molecule has 0 aliphatic carbocycles. The number of nitrogens with zero attached hydrogens (tertiary/aromatic N) is 3. The first kappa shape index (κ1) is 29.9. The number of piperidine rings is 1. The SMILES string of the molecule is CCc1nc(Cc2ccccc2)sc1C1CCN(CC2CN(C(C(=O)O)C(C)(C)C)CC2c2cccc(F)c2)CC1. The zero-order chi connectivity index (χ0) is 29.1. The Hall–Kier alpha value is -2.61. The fourth-order valence-corrected chi connectivity index (χ4v) is 8.39. The topological polar surface area (TPSA) is 56.7 Å². The van der Waals surface area contributed by atoms with Gasteiger partial charge in [-0.25, -0.2) is 9.37 Å². The Kier molecular flexibility index (Phi) is 9.27. The van der Waals surface area contributed by atoms with E-state index < -0.39 is 17.4 Å². The second-order valence-corrected chi connectivity index (χ2v) is 14.1. The average Bonchev–Trinajstić information content (AvgIpc) is 3.52. The van der Waals surface area contributed by atoms with Gasteiger partial charge in [-0.1, -0.05) is 70.2 Å². The van der Waals surface area contributed by atoms with Gasteiger partial charge in [-0.3, -0.25) is 9.69 Å². The van der Waals surface area contributed by atoms with Gasteiger partial charge in [0.15, 0.2) is 0 Å². The Balaban J connectivity index is 1.27. The predicted octanol–water partition coefficient (Wildman–Crippen LogP) is 6.83. The van der Waals surface area contributed by atoms with Gasteiger partial charge >= 0.3 is 5.97 Å². The van der Waals surface area contributed by atoms with E-state index in [1.165, 1.54) is 27.2 Å². The predicted molar refractivity (Wildman–Crippen MR) is 164 cm³/mol. The van der Waals surface area contributed by atoms with Crippen molar-refractivity contribution in [3.8, 4) is 0 Å². The maximum atomic E-state index is 14.2. The normalized spacial score (nSPS) is 21.8. The molecule has 3 aromatic rings. The third kappa shape index (κ3) is 7.07. The number of likely N-dealkylation sites (tertiary alicyclic amines) is 2. The number of carbonyl (C=O) groups is 1. The van der Waals surface area contributed by atoms with Crippen LogP contribution in [0.3, 0.4) is 0 Å². The van der Waals surface area contributed by atoms with Crippen LogP contribution < -0.4 is 0 Å². The number of halogens is 1. The summed E-state index contributed by atoms with van der Waals surface area (Å²) < 4.78 is 14.2. The maximum Gasteiger partial charge on any atom is 0.321 e. The molecule has 1 N–H and O–H groups in total. The van der Waals surface area contributed by atoms with Gasteiger partial charge in [0.25, 0.3) is 0 Å². The summed E-state index contributed by atoms with van der Waals surface area (Å²) in [4.78, 5) is 23.5. The van der Waals surface area contributed by atoms with E-state index in [1.54, 1.807) is 12.1 Å². The number of rotatable bonds is 9. The largest absolute Gasteiger partial charge is 0.480 e. The average molecular weight is 578 g/mol. The van der Waals surface area contributed by atoms with E-state index in [0.717, 1.165) is 50.9 Å². The summed E-state index contributed by atoms with van der Waals surface area (Å²) in [6.07, 6.45) is 4.08. The molecule has 0 spiro atoms. The smallest absolute Gasteiger partial charge is 0.321 e. The molecule has 41 heavy (non-hydrogen) atoms. The molecule has 2 aliphatic heterocycles. The van der Waals surface area contributed by atoms with Crippen LogP contribution >= 0.6 is 11.3 Å². The number of hydrogen-bond acceptors (Lipinski definition) is 5. The van der Waals surface area contributed by atoms with Crippen molar-refractivity contribution in [3.05, 3.63) is 87.1 Å². The number of aromatic nitrogens is 1. The van der Waals surface area contributed by atoms with Crippen LogP contribution in [0.1, 0.15) is 79.1 Å². The molecule has 3 atom stereocenters. The van der Waals surface area contributed by atoms with Crippen LogP contribution in [0.5, 0.6) is 0 Å². The standard InChI is InChI=1S/C34H44FN3O2S/c1-5-29-31(41-30(36-29)18-23-10-7-6-8-11-23)24-14-16-37(17-15-24)20-26-21-38(32(33(39)40)34(2,3)4)22-28(26)25-12-9-13-27(35)19-25/h6-13,19,24,26,28,32H,5,14-18,20-22H2,1-4H3,(H,39,40). The Labute approximate surface area is 248 Å². The highest BCUT2D eigenvalue weighted by Gasteiger charge is 2.44. The Morgan fingerprint density at radius 1 is 1.10 bits per heavy atom. The van der Waals surface area contributed by atoms with E-state index >= 15 is 0 Å². The molecule has 2 aromatic carbocycles. The van der Waals surface area contributed by atoms with Gasteiger partial charge in [0.2, 0.25) is 0 Å². The van der Waals surface area contributed by atoms with Crippen molar-refractivity contribution in [2.45, 2.75) is 71.3 Å². The minimum Gasteiger partial charge on any atom is -0.480 e. The minimum atomic E-state index is -0.778. The van der Waals surface area contributed by atoms with Crippen LogP contribution in [0.25, 0.3) is 0 Å². The van der Waals surface area contributed by atoms with Crippen molar-refractivity contribution in [3.63, 3.8) is 0 Å². The third-order valence-electron chi connectivity index (χ3n) is 8.92. The molecule has 0 amide bonds. The molecule has 0 bridgehead atoms. The quantitative estimate of drug-likeness (QED) is 0.302. The van der Waals surface area contributed by atoms with E-state index in [4.69, 9.17) is 4.98 Å². The lowest BCUT2D eigenvalue weighted by Crippen LogP contribution is -2.48. The lowest BCUT2D eigenvalue weighted by molar-refractivity contribution is -0.147. The Bertz CT molecular complexity index is 1310. The van der Waals surface area contributed by atoms with E-state index in [0.29, 0.717) is 19.0 Å². The number of aryl methyl sites for hydroxylation is 1. The summed E-state index contributed by atoms with van der Waals surface area (Å²) in [6, 6.07) is 16.9. The summed E-state index contributed by atoms with van der Waals surface area (Å²) in [5.41, 5.74) is 3.16. The van der Waals surface area contributed by atoms with Gasteiger partial charge in [-0.05, 0) is 72.9 Å². The molecule has 5 rings (SSSR count). The summed E-state index contributed by atoms with van der Waals surface area (Å²) in [5.74, 6) is -0.0977. The molecule has 1 aromatic heterocycles. The number of benzene rings is 2. The van der Waals surface area contributed by atoms with E-state index in [2.05, 4.69) is 47.1 Å². The lowest BCUT2D eigenvalue weighted by atomic mass is 9.85. The zero-order valence-electron chi connectivity index (χ0n) is 24.9. The number of carboxylic acids is 1. The van der Waals surface area contributed by atoms with Gasteiger partial charge < -0.3 is 10.0 Å². The number of thiazole rings is 1. The van der Waals surface area contributed by atoms with E-state index in [-0.39, 0.29) is 17.7 Å². The van der Waals surface area contributed by atoms with Crippen molar-refractivity contribution in [2.24, 2.45) is 11.3 Å². The molecule has 2 saturated heterocycles. The van der Waals surface area contributed by atoms with Crippen molar-refractivity contribution in [1.82, 2.24) is 14.8 Å². The van der Waals surface area contributed by atoms with Gasteiger partial charge in [0.05, 0.1) is 10.7 Å². The minimum absolute atomic E-state index is 0.112. The van der Waals surface area contributed by atoms with Gasteiger partial charge in [0.1, 0.15) is 11.9 Å². The molecule has 7 heteroatoms. The second kappa shape index (κ2) is 12.7. The molecular formula is C34H44FN3O2S. The number of hydrogen-bond donors (Lipinski definition) is 1. The van der Waals surface area contributed by atoms with Crippen LogP contribution in [0.4, 0.5) is 4.39 Å². The fourth-order valence-electron chi connectivity index (χ4n) is 7.03. The maximum absolute atomic E-state index is 14.2. The molecule has 3 unspecified atom stereocenters. The highest BCUT2D eigenvalue weighted by molar-refractivity contribution is 7.11. The van der Waals surface area contributed by atoms with Crippen LogP contribution in [-0.4, -0.2) is 64.6 Å². The molecule has 0 saturated carbocycles. The van der Waals surface area contributed by atoms with Gasteiger partial charge in [-0.15, -0.1) is 11.3 Å². The van der Waals surface area contributed by atoms with Gasteiger partial charge in [0, 0.05) is 36.9 Å². The number of carboxylic acid groups (broad SMARTS) is 1. The second-order valence-electron chi connectivity index (χ2n) is 13.0. The third-order valence-corrected chi connectivity index (χ3v) is 10.2. The van der Waals surface area contributed by atoms with Crippen LogP contribution in [-0.2, 0) is 17.6 Å². The molecule has 0 radical (unpaired) electrons. The summed E-state index contributed by atoms with van der Waals surface area (Å²) in [5, 5.41) is 11.3. The van der Waals surface area contributed by atoms with Crippen LogP contribution in [0.15, 0.2) is 54.6 Å². The van der Waals surface area contributed by atoms with Crippen LogP contribution in [0.2, 0.25) is 0 Å². The van der Waals surface area contributed by atoms with E-state index in [1.807, 2.05) is 38.2 Å². The lowest BCUT2D eigenvalue weighted by Gasteiger charge is -2.36. The van der Waals surface area contributed by atoms with Crippen molar-refractivity contribution < 1.29 is 14.3 Å². The summed E-state index contributed by atoms with van der Waals surface area (Å²) in [7, 11) is 0. The molecule has 5 nitrogen and oxygen atoms in total. The fraction of sp³-hybridized carbons (Fsp3) is 0.529. The summed E-state index contributed by atoms with van der Waals surface area (Å²) >= 11 is 1.90. The van der Waals surface area contributed by atoms with E-state index in [9.17, 15) is 14.3 Å². The zero-order valence-corrected chi connectivity index (χ0v) is 25.7. The summed E-state index contributed by atoms with van der Waals surface area (Å²) in [6.45, 7) is 12.5. The Morgan fingerprint density at radius 2 is 1.83 bits per heavy atom.